The van der Waals surface area contributed by atoms with Crippen molar-refractivity contribution in [3.63, 3.8) is 0 Å². The Bertz CT molecular complexity index is 484. The van der Waals surface area contributed by atoms with Gasteiger partial charge in [-0.3, -0.25) is 0 Å². The van der Waals surface area contributed by atoms with Gasteiger partial charge in [-0.05, 0) is 25.0 Å². The van der Waals surface area contributed by atoms with Crippen LogP contribution in [0.1, 0.15) is 18.5 Å². The molecule has 0 aliphatic heterocycles. The smallest absolute Gasteiger partial charge is 0.137 e. The number of anilines is 1. The van der Waals surface area contributed by atoms with Gasteiger partial charge in [0.2, 0.25) is 0 Å². The minimum absolute atomic E-state index is 0.722. The molecule has 3 N–H and O–H groups in total. The number of rotatable bonds is 3. The number of aromatic nitrogens is 2. The first-order valence-electron chi connectivity index (χ1n) is 5.28. The zero-order chi connectivity index (χ0) is 10.3. The number of nitrogens with two attached hydrogens (primary N) is 1. The Labute approximate surface area is 88.1 Å². The van der Waals surface area contributed by atoms with Crippen molar-refractivity contribution in [1.29, 1.82) is 0 Å². The zero-order valence-electron chi connectivity index (χ0n) is 8.48. The minimum Gasteiger partial charge on any atom is -0.398 e. The molecule has 1 saturated carbocycles. The quantitative estimate of drug-likeness (QED) is 0.785. The molecule has 0 radical (unpaired) electrons. The van der Waals surface area contributed by atoms with E-state index in [4.69, 9.17) is 5.73 Å². The van der Waals surface area contributed by atoms with Gasteiger partial charge in [-0.25, -0.2) is 4.98 Å². The first-order valence-corrected chi connectivity index (χ1v) is 5.28. The van der Waals surface area contributed by atoms with Gasteiger partial charge in [0.05, 0.1) is 5.69 Å². The number of nitrogens with zero attached hydrogens (tertiary/aromatic N) is 2. The summed E-state index contributed by atoms with van der Waals surface area (Å²) in [5.74, 6) is 0. The number of fused-ring (bicyclic) bond motifs is 1. The van der Waals surface area contributed by atoms with Crippen molar-refractivity contribution in [3.05, 3.63) is 30.2 Å². The second-order valence-electron chi connectivity index (χ2n) is 4.12. The summed E-state index contributed by atoms with van der Waals surface area (Å²) < 4.78 is 1.97. The van der Waals surface area contributed by atoms with Crippen molar-refractivity contribution in [3.8, 4) is 0 Å². The molecule has 0 aromatic carbocycles. The van der Waals surface area contributed by atoms with Crippen molar-refractivity contribution in [2.45, 2.75) is 25.4 Å². The molecule has 78 valence electrons. The Balaban J connectivity index is 1.84. The SMILES string of the molecule is Nc1ccc2nc(CNC3CC3)cn2c1. The third-order valence-corrected chi connectivity index (χ3v) is 2.67. The molecule has 0 spiro atoms. The van der Waals surface area contributed by atoms with Gasteiger partial charge in [-0.2, -0.15) is 0 Å². The van der Waals surface area contributed by atoms with Gasteiger partial charge in [-0.15, -0.1) is 0 Å². The number of hydrogen-bond acceptors (Lipinski definition) is 3. The van der Waals surface area contributed by atoms with E-state index in [2.05, 4.69) is 10.3 Å². The van der Waals surface area contributed by atoms with Crippen LogP contribution in [0, 0.1) is 0 Å². The second kappa shape index (κ2) is 3.24. The first-order chi connectivity index (χ1) is 7.31. The molecule has 15 heavy (non-hydrogen) atoms. The lowest BCUT2D eigenvalue weighted by Crippen LogP contribution is -2.15. The predicted molar refractivity (Wildman–Crippen MR) is 59.5 cm³/mol. The number of pyridine rings is 1. The average molecular weight is 202 g/mol. The maximum Gasteiger partial charge on any atom is 0.137 e. The van der Waals surface area contributed by atoms with E-state index in [1.165, 1.54) is 12.8 Å². The number of hydrogen-bond donors (Lipinski definition) is 2. The summed E-state index contributed by atoms with van der Waals surface area (Å²) in [5.41, 5.74) is 8.50. The Morgan fingerprint density at radius 1 is 1.40 bits per heavy atom. The third kappa shape index (κ3) is 1.80. The summed E-state index contributed by atoms with van der Waals surface area (Å²) in [6, 6.07) is 4.54. The van der Waals surface area contributed by atoms with E-state index in [-0.39, 0.29) is 0 Å². The molecule has 3 rings (SSSR count). The Morgan fingerprint density at radius 2 is 2.27 bits per heavy atom. The van der Waals surface area contributed by atoms with E-state index >= 15 is 0 Å². The van der Waals surface area contributed by atoms with Crippen LogP contribution in [0.15, 0.2) is 24.5 Å². The minimum atomic E-state index is 0.722. The van der Waals surface area contributed by atoms with Gasteiger partial charge < -0.3 is 15.5 Å². The Hall–Kier alpha value is -1.55. The van der Waals surface area contributed by atoms with Crippen molar-refractivity contribution < 1.29 is 0 Å². The van der Waals surface area contributed by atoms with Crippen molar-refractivity contribution in [2.24, 2.45) is 0 Å². The lowest BCUT2D eigenvalue weighted by Gasteiger charge is -1.96. The highest BCUT2D eigenvalue weighted by Gasteiger charge is 2.20. The lowest BCUT2D eigenvalue weighted by atomic mass is 10.4. The van der Waals surface area contributed by atoms with Gasteiger partial charge >= 0.3 is 0 Å². The van der Waals surface area contributed by atoms with E-state index in [1.54, 1.807) is 0 Å². The molecule has 4 heteroatoms. The van der Waals surface area contributed by atoms with Crippen molar-refractivity contribution in [1.82, 2.24) is 14.7 Å². The third-order valence-electron chi connectivity index (χ3n) is 2.67. The van der Waals surface area contributed by atoms with Gasteiger partial charge in [0.25, 0.3) is 0 Å². The van der Waals surface area contributed by atoms with Crippen LogP contribution in [0.2, 0.25) is 0 Å². The van der Waals surface area contributed by atoms with Crippen LogP contribution in [-0.2, 0) is 6.54 Å². The van der Waals surface area contributed by atoms with Gasteiger partial charge in [0.1, 0.15) is 5.65 Å². The summed E-state index contributed by atoms with van der Waals surface area (Å²) in [4.78, 5) is 4.50. The van der Waals surface area contributed by atoms with E-state index in [0.29, 0.717) is 0 Å². The number of nitrogen functional groups attached to an aromatic ring is 1. The van der Waals surface area contributed by atoms with Crippen LogP contribution in [0.3, 0.4) is 0 Å². The predicted octanol–water partition coefficient (Wildman–Crippen LogP) is 1.17. The Morgan fingerprint density at radius 3 is 3.07 bits per heavy atom. The summed E-state index contributed by atoms with van der Waals surface area (Å²) in [6.45, 7) is 0.853. The van der Waals surface area contributed by atoms with E-state index < -0.39 is 0 Å². The molecule has 1 aliphatic rings. The summed E-state index contributed by atoms with van der Waals surface area (Å²) in [5, 5.41) is 3.44. The van der Waals surface area contributed by atoms with Crippen molar-refractivity contribution in [2.75, 3.05) is 5.73 Å². The molecule has 2 heterocycles. The molecule has 0 atom stereocenters. The molecule has 1 aliphatic carbocycles. The van der Waals surface area contributed by atoms with Crippen LogP contribution < -0.4 is 11.1 Å². The van der Waals surface area contributed by atoms with Crippen LogP contribution in [-0.4, -0.2) is 15.4 Å². The molecule has 1 fully saturated rings. The van der Waals surface area contributed by atoms with E-state index in [0.717, 1.165) is 29.6 Å². The number of nitrogens with one attached hydrogen (secondary N) is 1. The second-order valence-corrected chi connectivity index (χ2v) is 4.12. The molecule has 0 saturated heterocycles. The maximum atomic E-state index is 5.70. The van der Waals surface area contributed by atoms with Crippen LogP contribution in [0.5, 0.6) is 0 Å². The Kier molecular flexibility index (Phi) is 1.89. The normalized spacial score (nSPS) is 16.0. The van der Waals surface area contributed by atoms with Crippen LogP contribution >= 0.6 is 0 Å². The summed E-state index contributed by atoms with van der Waals surface area (Å²) in [7, 11) is 0. The largest absolute Gasteiger partial charge is 0.398 e. The fourth-order valence-corrected chi connectivity index (χ4v) is 1.68. The highest BCUT2D eigenvalue weighted by Crippen LogP contribution is 2.19. The van der Waals surface area contributed by atoms with Gasteiger partial charge in [0, 0.05) is 30.7 Å². The average Bonchev–Trinajstić information content (AvgIpc) is 2.95. The van der Waals surface area contributed by atoms with Gasteiger partial charge in [-0.1, -0.05) is 0 Å². The highest BCUT2D eigenvalue weighted by molar-refractivity contribution is 5.48. The fraction of sp³-hybridized carbons (Fsp3) is 0.364. The summed E-state index contributed by atoms with van der Waals surface area (Å²) in [6.07, 6.45) is 6.53. The molecule has 2 aromatic heterocycles. The van der Waals surface area contributed by atoms with Gasteiger partial charge in [0.15, 0.2) is 0 Å². The van der Waals surface area contributed by atoms with Crippen LogP contribution in [0.25, 0.3) is 5.65 Å². The lowest BCUT2D eigenvalue weighted by molar-refractivity contribution is 0.677. The van der Waals surface area contributed by atoms with E-state index in [9.17, 15) is 0 Å². The highest BCUT2D eigenvalue weighted by atomic mass is 15.0. The molecular formula is C11H14N4. The molecule has 2 aromatic rings. The monoisotopic (exact) mass is 202 g/mol. The molecular weight excluding hydrogens is 188 g/mol. The molecule has 0 unspecified atom stereocenters. The molecule has 0 amide bonds. The van der Waals surface area contributed by atoms with Crippen molar-refractivity contribution >= 4 is 11.3 Å². The molecule has 0 bridgehead atoms. The molecule has 4 nitrogen and oxygen atoms in total. The number of imidazole rings is 1. The first kappa shape index (κ1) is 8.73. The standard InChI is InChI=1S/C11H14N4/c12-8-1-4-11-14-10(7-15(11)6-8)5-13-9-2-3-9/h1,4,6-7,9,13H,2-3,5,12H2. The topological polar surface area (TPSA) is 55.3 Å². The maximum absolute atomic E-state index is 5.70. The van der Waals surface area contributed by atoms with E-state index in [1.807, 2.05) is 28.9 Å². The zero-order valence-corrected chi connectivity index (χ0v) is 8.48. The van der Waals surface area contributed by atoms with Crippen LogP contribution in [0.4, 0.5) is 5.69 Å². The summed E-state index contributed by atoms with van der Waals surface area (Å²) >= 11 is 0. The fourth-order valence-electron chi connectivity index (χ4n) is 1.68.